The van der Waals surface area contributed by atoms with Gasteiger partial charge >= 0.3 is 0 Å². The Kier molecular flexibility index (Phi) is 7.07. The Morgan fingerprint density at radius 2 is 2.00 bits per heavy atom. The largest absolute Gasteiger partial charge is 0.387 e. The summed E-state index contributed by atoms with van der Waals surface area (Å²) in [5, 5.41) is 15.7. The van der Waals surface area contributed by atoms with E-state index in [9.17, 15) is 18.7 Å². The highest BCUT2D eigenvalue weighted by atomic mass is 32.2. The number of rotatable bonds is 7. The molecule has 2 aromatic rings. The molecule has 0 saturated heterocycles. The molecule has 2 atom stereocenters. The smallest absolute Gasteiger partial charge is 0.272 e. The van der Waals surface area contributed by atoms with Crippen molar-refractivity contribution in [2.45, 2.75) is 37.2 Å². The number of hydrogen-bond acceptors (Lipinski definition) is 5. The molecule has 0 radical (unpaired) electrons. The van der Waals surface area contributed by atoms with Crippen LogP contribution in [0, 0.1) is 11.6 Å². The van der Waals surface area contributed by atoms with Gasteiger partial charge in [0.05, 0.1) is 5.84 Å². The second-order valence-corrected chi connectivity index (χ2v) is 8.44. The van der Waals surface area contributed by atoms with Crippen LogP contribution in [-0.2, 0) is 9.67 Å². The van der Waals surface area contributed by atoms with Crippen molar-refractivity contribution >= 4 is 28.5 Å². The van der Waals surface area contributed by atoms with Gasteiger partial charge in [0.2, 0.25) is 0 Å². The molecular formula is C22H24F2N4O2S. The summed E-state index contributed by atoms with van der Waals surface area (Å²) < 4.78 is 28.4. The Morgan fingerprint density at radius 3 is 2.65 bits per heavy atom. The number of halogens is 2. The van der Waals surface area contributed by atoms with E-state index in [0.29, 0.717) is 25.1 Å². The van der Waals surface area contributed by atoms with Crippen molar-refractivity contribution < 1.29 is 18.7 Å². The Bertz CT molecular complexity index is 1010. The average molecular weight is 447 g/mol. The summed E-state index contributed by atoms with van der Waals surface area (Å²) in [4.78, 5) is 15.9. The minimum atomic E-state index is -1.33. The fourth-order valence-corrected chi connectivity index (χ4v) is 4.80. The molecule has 0 fully saturated rings. The molecule has 31 heavy (non-hydrogen) atoms. The van der Waals surface area contributed by atoms with E-state index >= 15 is 0 Å². The third-order valence-corrected chi connectivity index (χ3v) is 6.43. The van der Waals surface area contributed by atoms with E-state index in [2.05, 4.69) is 10.1 Å². The highest BCUT2D eigenvalue weighted by Crippen LogP contribution is 2.51. The summed E-state index contributed by atoms with van der Waals surface area (Å²) in [5.41, 5.74) is 6.55. The van der Waals surface area contributed by atoms with Crippen molar-refractivity contribution in [1.29, 1.82) is 0 Å². The minimum Gasteiger partial charge on any atom is -0.387 e. The van der Waals surface area contributed by atoms with Crippen LogP contribution in [0.4, 0.5) is 8.78 Å². The molecule has 3 rings (SSSR count). The molecule has 0 saturated carbocycles. The van der Waals surface area contributed by atoms with E-state index in [1.807, 2.05) is 30.3 Å². The number of aliphatic imine (C=N–C) groups is 1. The molecule has 9 heteroatoms. The van der Waals surface area contributed by atoms with Gasteiger partial charge < -0.3 is 10.8 Å². The van der Waals surface area contributed by atoms with E-state index in [-0.39, 0.29) is 10.6 Å². The lowest BCUT2D eigenvalue weighted by atomic mass is 9.98. The van der Waals surface area contributed by atoms with Gasteiger partial charge in [0.15, 0.2) is 0 Å². The molecule has 1 amide bonds. The molecule has 1 heterocycles. The summed E-state index contributed by atoms with van der Waals surface area (Å²) in [6.07, 6.45) is 0.126. The summed E-state index contributed by atoms with van der Waals surface area (Å²) >= 11 is 1.16. The molecule has 3 N–H and O–H groups in total. The van der Waals surface area contributed by atoms with Gasteiger partial charge in [-0.1, -0.05) is 42.1 Å². The number of amides is 1. The van der Waals surface area contributed by atoms with Gasteiger partial charge in [0, 0.05) is 19.0 Å². The van der Waals surface area contributed by atoms with E-state index in [4.69, 9.17) is 5.73 Å². The molecule has 0 spiro atoms. The highest BCUT2D eigenvalue weighted by molar-refractivity contribution is 8.15. The summed E-state index contributed by atoms with van der Waals surface area (Å²) in [5.74, 6) is -1.43. The van der Waals surface area contributed by atoms with Gasteiger partial charge in [-0.2, -0.15) is 5.10 Å². The van der Waals surface area contributed by atoms with Crippen LogP contribution in [-0.4, -0.2) is 40.1 Å². The molecule has 6 nitrogen and oxygen atoms in total. The number of nitrogens with zero attached hydrogens (tertiary/aromatic N) is 3. The third-order valence-electron chi connectivity index (χ3n) is 4.98. The first-order valence-electron chi connectivity index (χ1n) is 9.80. The zero-order chi connectivity index (χ0) is 22.6. The number of aliphatic hydroxyl groups is 1. The normalized spacial score (nSPS) is 20.0. The minimum absolute atomic E-state index is 0.0409. The van der Waals surface area contributed by atoms with Gasteiger partial charge in [-0.3, -0.25) is 9.79 Å². The van der Waals surface area contributed by atoms with Crippen LogP contribution in [0.15, 0.2) is 58.6 Å². The summed E-state index contributed by atoms with van der Waals surface area (Å²) in [6.45, 7) is 1.35. The Morgan fingerprint density at radius 1 is 1.29 bits per heavy atom. The van der Waals surface area contributed by atoms with Crippen LogP contribution in [0.3, 0.4) is 0 Å². The van der Waals surface area contributed by atoms with Crippen LogP contribution < -0.4 is 5.73 Å². The number of aliphatic hydroxyl groups excluding tert-OH is 1. The number of carbonyl (C=O) groups is 1. The zero-order valence-electron chi connectivity index (χ0n) is 17.3. The predicted octanol–water partition coefficient (Wildman–Crippen LogP) is 3.59. The third kappa shape index (κ3) is 4.77. The van der Waals surface area contributed by atoms with Crippen LogP contribution in [0.1, 0.15) is 37.3 Å². The predicted molar refractivity (Wildman–Crippen MR) is 119 cm³/mol. The number of hydrogen-bond donors (Lipinski definition) is 2. The van der Waals surface area contributed by atoms with Gasteiger partial charge in [0.1, 0.15) is 27.7 Å². The molecule has 1 aliphatic heterocycles. The maximum Gasteiger partial charge on any atom is 0.272 e. The van der Waals surface area contributed by atoms with Crippen LogP contribution in [0.2, 0.25) is 0 Å². The summed E-state index contributed by atoms with van der Waals surface area (Å²) in [6, 6.07) is 12.3. The molecule has 0 aromatic heterocycles. The van der Waals surface area contributed by atoms with Crippen LogP contribution in [0.5, 0.6) is 0 Å². The van der Waals surface area contributed by atoms with Gasteiger partial charge in [-0.15, -0.1) is 0 Å². The Labute approximate surface area is 183 Å². The van der Waals surface area contributed by atoms with E-state index in [0.717, 1.165) is 35.5 Å². The van der Waals surface area contributed by atoms with Crippen molar-refractivity contribution in [3.05, 3.63) is 71.3 Å². The molecule has 164 valence electrons. The number of benzene rings is 2. The molecular weight excluding hydrogens is 422 g/mol. The topological polar surface area (TPSA) is 91.3 Å². The maximum absolute atomic E-state index is 14.5. The quantitative estimate of drug-likeness (QED) is 0.502. The lowest BCUT2D eigenvalue weighted by molar-refractivity contribution is -0.143. The van der Waals surface area contributed by atoms with Gasteiger partial charge in [0.25, 0.3) is 5.91 Å². The average Bonchev–Trinajstić information content (AvgIpc) is 3.15. The first kappa shape index (κ1) is 22.9. The number of amidine groups is 1. The number of nitrogens with two attached hydrogens (primary N) is 1. The fourth-order valence-electron chi connectivity index (χ4n) is 3.37. The zero-order valence-corrected chi connectivity index (χ0v) is 18.1. The van der Waals surface area contributed by atoms with Crippen molar-refractivity contribution in [2.24, 2.45) is 15.8 Å². The first-order chi connectivity index (χ1) is 14.8. The maximum atomic E-state index is 14.5. The monoisotopic (exact) mass is 446 g/mol. The second-order valence-electron chi connectivity index (χ2n) is 7.18. The van der Waals surface area contributed by atoms with Crippen molar-refractivity contribution in [3.8, 4) is 0 Å². The lowest BCUT2D eigenvalue weighted by Gasteiger charge is -2.36. The number of carbonyl (C=O) groups excluding carboxylic acids is 1. The molecule has 0 aliphatic carbocycles. The van der Waals surface area contributed by atoms with Gasteiger partial charge in [-0.05, 0) is 43.5 Å². The fraction of sp³-hybridized carbons (Fsp3) is 0.318. The molecule has 1 unspecified atom stereocenters. The van der Waals surface area contributed by atoms with E-state index in [1.54, 1.807) is 7.05 Å². The standard InChI is InChI=1S/C22H24F2N4O2S/c1-14(29)21(30)28-22(12-6-9-19(25)26-2,15-7-4-3-5-8-15)31-20(27-28)17-13-16(23)10-11-18(17)24/h3-5,7-8,10-11,13-14,29H,6,9,12H2,1-2H3,(H2,25,26)/t14-,22?/m0/s1. The van der Waals surface area contributed by atoms with Crippen LogP contribution >= 0.6 is 11.8 Å². The highest BCUT2D eigenvalue weighted by Gasteiger charge is 2.49. The van der Waals surface area contributed by atoms with E-state index < -0.39 is 28.5 Å². The Hall–Kier alpha value is -2.78. The lowest BCUT2D eigenvalue weighted by Crippen LogP contribution is -2.45. The van der Waals surface area contributed by atoms with Crippen molar-refractivity contribution in [2.75, 3.05) is 7.05 Å². The number of thioether (sulfide) groups is 1. The summed E-state index contributed by atoms with van der Waals surface area (Å²) in [7, 11) is 1.60. The molecule has 1 aliphatic rings. The van der Waals surface area contributed by atoms with Gasteiger partial charge in [-0.25, -0.2) is 13.8 Å². The van der Waals surface area contributed by atoms with Crippen molar-refractivity contribution in [3.63, 3.8) is 0 Å². The first-order valence-corrected chi connectivity index (χ1v) is 10.6. The van der Waals surface area contributed by atoms with Crippen molar-refractivity contribution in [1.82, 2.24) is 5.01 Å². The Balaban J connectivity index is 2.10. The molecule has 0 bridgehead atoms. The van der Waals surface area contributed by atoms with E-state index in [1.165, 1.54) is 11.9 Å². The van der Waals surface area contributed by atoms with Crippen LogP contribution in [0.25, 0.3) is 0 Å². The number of hydrazone groups is 1. The molecule has 2 aromatic carbocycles. The second kappa shape index (κ2) is 9.57. The SMILES string of the molecule is CN=C(N)CCCC1(c2ccccc2)SC(c2cc(F)ccc2F)=NN1C(=O)[C@H](C)O.